The minimum Gasteiger partial charge on any atom is -0.278 e. The Hall–Kier alpha value is -1.31. The average Bonchev–Trinajstić information content (AvgIpc) is 2.18. The standard InChI is InChI=1S/C12H16N2/c1-8(2)12-9(3)10-6-4-5-7-11(10)13-14-12/h4-9,13H,1-3H3. The number of benzene rings is 1. The van der Waals surface area contributed by atoms with E-state index in [1.807, 2.05) is 6.07 Å². The number of nitrogens with one attached hydrogen (secondary N) is 1. The van der Waals surface area contributed by atoms with E-state index in [4.69, 9.17) is 0 Å². The van der Waals surface area contributed by atoms with Crippen molar-refractivity contribution in [2.45, 2.75) is 26.7 Å². The van der Waals surface area contributed by atoms with Crippen LogP contribution in [0.3, 0.4) is 0 Å². The number of para-hydroxylation sites is 1. The molecule has 0 saturated carbocycles. The summed E-state index contributed by atoms with van der Waals surface area (Å²) in [5.74, 6) is 0.943. The van der Waals surface area contributed by atoms with Crippen molar-refractivity contribution in [3.05, 3.63) is 29.8 Å². The highest BCUT2D eigenvalue weighted by Gasteiger charge is 2.22. The third-order valence-corrected chi connectivity index (χ3v) is 2.77. The topological polar surface area (TPSA) is 24.4 Å². The molecule has 0 radical (unpaired) electrons. The van der Waals surface area contributed by atoms with Crippen molar-refractivity contribution < 1.29 is 0 Å². The molecule has 14 heavy (non-hydrogen) atoms. The Kier molecular flexibility index (Phi) is 2.28. The lowest BCUT2D eigenvalue weighted by Crippen LogP contribution is -2.22. The van der Waals surface area contributed by atoms with Crippen molar-refractivity contribution in [1.29, 1.82) is 0 Å². The first-order valence-corrected chi connectivity index (χ1v) is 5.12. The molecule has 2 rings (SSSR count). The Bertz CT molecular complexity index is 366. The second-order valence-corrected chi connectivity index (χ2v) is 4.11. The minimum atomic E-state index is 0.437. The van der Waals surface area contributed by atoms with Gasteiger partial charge in [0.05, 0.1) is 5.69 Å². The van der Waals surface area contributed by atoms with Crippen LogP contribution in [0.25, 0.3) is 0 Å². The predicted octanol–water partition coefficient (Wildman–Crippen LogP) is 3.23. The van der Waals surface area contributed by atoms with Crippen LogP contribution in [-0.4, -0.2) is 5.71 Å². The zero-order chi connectivity index (χ0) is 10.1. The molecule has 1 heterocycles. The highest BCUT2D eigenvalue weighted by atomic mass is 15.3. The van der Waals surface area contributed by atoms with E-state index in [1.54, 1.807) is 0 Å². The Morgan fingerprint density at radius 2 is 2.00 bits per heavy atom. The number of fused-ring (bicyclic) bond motifs is 1. The molecule has 0 spiro atoms. The second kappa shape index (κ2) is 3.45. The monoisotopic (exact) mass is 188 g/mol. The zero-order valence-electron chi connectivity index (χ0n) is 8.91. The van der Waals surface area contributed by atoms with E-state index in [2.05, 4.69) is 49.5 Å². The summed E-state index contributed by atoms with van der Waals surface area (Å²) in [5, 5.41) is 4.42. The fourth-order valence-corrected chi connectivity index (χ4v) is 1.99. The Labute approximate surface area is 85.0 Å². The van der Waals surface area contributed by atoms with Gasteiger partial charge in [0.2, 0.25) is 0 Å². The molecule has 1 aromatic carbocycles. The van der Waals surface area contributed by atoms with Gasteiger partial charge in [-0.3, -0.25) is 5.43 Å². The van der Waals surface area contributed by atoms with E-state index >= 15 is 0 Å². The van der Waals surface area contributed by atoms with Crippen LogP contribution in [0.1, 0.15) is 32.3 Å². The molecule has 1 atom stereocenters. The maximum atomic E-state index is 4.42. The van der Waals surface area contributed by atoms with E-state index < -0.39 is 0 Å². The van der Waals surface area contributed by atoms with Gasteiger partial charge in [-0.2, -0.15) is 5.10 Å². The highest BCUT2D eigenvalue weighted by Crippen LogP contribution is 2.31. The lowest BCUT2D eigenvalue weighted by molar-refractivity contribution is 0.805. The number of nitrogens with zero attached hydrogens (tertiary/aromatic N) is 1. The van der Waals surface area contributed by atoms with Gasteiger partial charge in [0.1, 0.15) is 0 Å². The van der Waals surface area contributed by atoms with Crippen molar-refractivity contribution in [3.63, 3.8) is 0 Å². The van der Waals surface area contributed by atoms with Crippen LogP contribution < -0.4 is 5.43 Å². The number of hydrogen-bond donors (Lipinski definition) is 1. The molecule has 1 aromatic rings. The molecule has 0 amide bonds. The second-order valence-electron chi connectivity index (χ2n) is 4.11. The normalized spacial score (nSPS) is 20.0. The molecule has 0 bridgehead atoms. The molecule has 1 N–H and O–H groups in total. The van der Waals surface area contributed by atoms with Gasteiger partial charge >= 0.3 is 0 Å². The summed E-state index contributed by atoms with van der Waals surface area (Å²) in [6.45, 7) is 6.59. The van der Waals surface area contributed by atoms with Crippen LogP contribution in [0.4, 0.5) is 5.69 Å². The van der Waals surface area contributed by atoms with Crippen LogP contribution in [0.5, 0.6) is 0 Å². The number of hydrazone groups is 1. The molecule has 0 saturated heterocycles. The molecule has 0 aromatic heterocycles. The molecule has 1 aliphatic rings. The Morgan fingerprint density at radius 1 is 1.29 bits per heavy atom. The lowest BCUT2D eigenvalue weighted by Gasteiger charge is -2.25. The molecule has 74 valence electrons. The van der Waals surface area contributed by atoms with Crippen LogP contribution in [0.2, 0.25) is 0 Å². The number of hydrogen-bond acceptors (Lipinski definition) is 2. The minimum absolute atomic E-state index is 0.437. The summed E-state index contributed by atoms with van der Waals surface area (Å²) < 4.78 is 0. The van der Waals surface area contributed by atoms with E-state index in [0.717, 1.165) is 5.69 Å². The molecule has 0 aliphatic carbocycles. The molecule has 2 heteroatoms. The number of anilines is 1. The maximum Gasteiger partial charge on any atom is 0.0600 e. The van der Waals surface area contributed by atoms with Gasteiger partial charge in [0, 0.05) is 11.6 Å². The molecular weight excluding hydrogens is 172 g/mol. The average molecular weight is 188 g/mol. The van der Waals surface area contributed by atoms with Gasteiger partial charge < -0.3 is 0 Å². The van der Waals surface area contributed by atoms with E-state index in [0.29, 0.717) is 11.8 Å². The summed E-state index contributed by atoms with van der Waals surface area (Å²) in [6, 6.07) is 8.37. The summed E-state index contributed by atoms with van der Waals surface area (Å²) in [5.41, 5.74) is 6.85. The van der Waals surface area contributed by atoms with Crippen LogP contribution in [-0.2, 0) is 0 Å². The molecular formula is C12H16N2. The summed E-state index contributed by atoms with van der Waals surface area (Å²) >= 11 is 0. The molecule has 2 nitrogen and oxygen atoms in total. The first-order valence-electron chi connectivity index (χ1n) is 5.12. The van der Waals surface area contributed by atoms with Gasteiger partial charge in [-0.1, -0.05) is 39.0 Å². The van der Waals surface area contributed by atoms with Gasteiger partial charge in [-0.25, -0.2) is 0 Å². The third-order valence-electron chi connectivity index (χ3n) is 2.77. The van der Waals surface area contributed by atoms with Crippen molar-refractivity contribution in [3.8, 4) is 0 Å². The van der Waals surface area contributed by atoms with Crippen LogP contribution >= 0.6 is 0 Å². The van der Waals surface area contributed by atoms with Gasteiger partial charge in [0.15, 0.2) is 0 Å². The smallest absolute Gasteiger partial charge is 0.0600 e. The fraction of sp³-hybridized carbons (Fsp3) is 0.417. The first kappa shape index (κ1) is 9.25. The number of rotatable bonds is 1. The maximum absolute atomic E-state index is 4.42. The Balaban J connectivity index is 2.39. The zero-order valence-corrected chi connectivity index (χ0v) is 8.91. The SMILES string of the molecule is CC(C)C1=NNc2ccccc2C1C. The van der Waals surface area contributed by atoms with Crippen molar-refractivity contribution in [2.24, 2.45) is 11.0 Å². The predicted molar refractivity (Wildman–Crippen MR) is 60.8 cm³/mol. The Morgan fingerprint density at radius 3 is 2.71 bits per heavy atom. The van der Waals surface area contributed by atoms with Crippen LogP contribution in [0, 0.1) is 5.92 Å². The van der Waals surface area contributed by atoms with E-state index in [9.17, 15) is 0 Å². The van der Waals surface area contributed by atoms with E-state index in [1.165, 1.54) is 11.3 Å². The summed E-state index contributed by atoms with van der Waals surface area (Å²) in [4.78, 5) is 0. The van der Waals surface area contributed by atoms with Crippen molar-refractivity contribution in [1.82, 2.24) is 0 Å². The van der Waals surface area contributed by atoms with E-state index in [-0.39, 0.29) is 0 Å². The van der Waals surface area contributed by atoms with Crippen LogP contribution in [0.15, 0.2) is 29.4 Å². The summed E-state index contributed by atoms with van der Waals surface area (Å²) in [6.07, 6.45) is 0. The molecule has 1 aliphatic heterocycles. The molecule has 1 unspecified atom stereocenters. The van der Waals surface area contributed by atoms with Gasteiger partial charge in [-0.05, 0) is 17.5 Å². The quantitative estimate of drug-likeness (QED) is 0.719. The lowest BCUT2D eigenvalue weighted by atomic mass is 9.88. The largest absolute Gasteiger partial charge is 0.278 e. The summed E-state index contributed by atoms with van der Waals surface area (Å²) in [7, 11) is 0. The van der Waals surface area contributed by atoms with Crippen molar-refractivity contribution in [2.75, 3.05) is 5.43 Å². The van der Waals surface area contributed by atoms with Gasteiger partial charge in [0.25, 0.3) is 0 Å². The molecule has 0 fully saturated rings. The fourth-order valence-electron chi connectivity index (χ4n) is 1.99. The third kappa shape index (κ3) is 1.41. The van der Waals surface area contributed by atoms with Gasteiger partial charge in [-0.15, -0.1) is 0 Å². The first-order chi connectivity index (χ1) is 6.70. The van der Waals surface area contributed by atoms with Crippen molar-refractivity contribution >= 4 is 11.4 Å². The highest BCUT2D eigenvalue weighted by molar-refractivity contribution is 5.95.